The first-order chi connectivity index (χ1) is 9.37. The van der Waals surface area contributed by atoms with Crippen LogP contribution in [0.1, 0.15) is 16.1 Å². The summed E-state index contributed by atoms with van der Waals surface area (Å²) in [5.74, 6) is -0.773. The first kappa shape index (κ1) is 14.5. The molecule has 0 bridgehead atoms. The summed E-state index contributed by atoms with van der Waals surface area (Å²) >= 11 is 1.50. The van der Waals surface area contributed by atoms with E-state index in [1.165, 1.54) is 17.4 Å². The van der Waals surface area contributed by atoms with Crippen LogP contribution in [0.2, 0.25) is 0 Å². The number of hydrogen-bond acceptors (Lipinski definition) is 3. The Morgan fingerprint density at radius 1 is 1.35 bits per heavy atom. The number of pyridine rings is 1. The van der Waals surface area contributed by atoms with Crippen molar-refractivity contribution >= 4 is 17.2 Å². The van der Waals surface area contributed by atoms with Crippen LogP contribution in [0.15, 0.2) is 29.6 Å². The van der Waals surface area contributed by atoms with Crippen molar-refractivity contribution in [1.82, 2.24) is 10.3 Å². The van der Waals surface area contributed by atoms with Crippen molar-refractivity contribution < 1.29 is 18.0 Å². The Bertz CT molecular complexity index is 609. The molecule has 0 fully saturated rings. The minimum absolute atomic E-state index is 0.148. The Morgan fingerprint density at radius 2 is 2.10 bits per heavy atom. The van der Waals surface area contributed by atoms with Crippen molar-refractivity contribution in [2.24, 2.45) is 0 Å². The molecule has 1 N–H and O–H groups in total. The average Bonchev–Trinajstić information content (AvgIpc) is 2.88. The number of carbonyl (C=O) groups excluding carboxylic acids is 1. The van der Waals surface area contributed by atoms with Crippen LogP contribution in [-0.2, 0) is 0 Å². The number of halogens is 3. The number of aromatic nitrogens is 1. The first-order valence-corrected chi connectivity index (χ1v) is 6.61. The van der Waals surface area contributed by atoms with Crippen molar-refractivity contribution in [3.8, 4) is 10.6 Å². The van der Waals surface area contributed by atoms with Crippen molar-refractivity contribution in [1.29, 1.82) is 0 Å². The van der Waals surface area contributed by atoms with Gasteiger partial charge in [-0.3, -0.25) is 9.78 Å². The topological polar surface area (TPSA) is 42.0 Å². The van der Waals surface area contributed by atoms with Crippen LogP contribution in [0, 0.1) is 6.92 Å². The van der Waals surface area contributed by atoms with Crippen LogP contribution in [0.4, 0.5) is 13.2 Å². The molecule has 0 spiro atoms. The summed E-state index contributed by atoms with van der Waals surface area (Å²) in [5.41, 5.74) is 1.25. The average molecular weight is 300 g/mol. The highest BCUT2D eigenvalue weighted by Gasteiger charge is 2.28. The summed E-state index contributed by atoms with van der Waals surface area (Å²) in [6.07, 6.45) is -4.42. The number of nitrogens with one attached hydrogen (secondary N) is 1. The van der Waals surface area contributed by atoms with E-state index in [4.69, 9.17) is 0 Å². The number of carbonyl (C=O) groups is 1. The van der Waals surface area contributed by atoms with E-state index in [0.29, 0.717) is 11.4 Å². The number of thiophene rings is 1. The monoisotopic (exact) mass is 300 g/mol. The van der Waals surface area contributed by atoms with E-state index in [2.05, 4.69) is 4.98 Å². The summed E-state index contributed by atoms with van der Waals surface area (Å²) in [6.45, 7) is 0.248. The molecule has 2 rings (SSSR count). The van der Waals surface area contributed by atoms with Gasteiger partial charge < -0.3 is 5.32 Å². The van der Waals surface area contributed by atoms with Gasteiger partial charge in [0.25, 0.3) is 5.91 Å². The highest BCUT2D eigenvalue weighted by atomic mass is 32.1. The van der Waals surface area contributed by atoms with E-state index in [1.807, 2.05) is 22.8 Å². The molecule has 2 aromatic heterocycles. The summed E-state index contributed by atoms with van der Waals surface area (Å²) in [6, 6.07) is 6.88. The Balaban J connectivity index is 2.16. The second-order valence-corrected chi connectivity index (χ2v) is 5.05. The van der Waals surface area contributed by atoms with Gasteiger partial charge in [-0.15, -0.1) is 11.3 Å². The second-order valence-electron chi connectivity index (χ2n) is 4.10. The maximum absolute atomic E-state index is 12.1. The second kappa shape index (κ2) is 5.62. The lowest BCUT2D eigenvalue weighted by Crippen LogP contribution is -2.34. The Labute approximate surface area is 117 Å². The molecule has 0 atom stereocenters. The quantitative estimate of drug-likeness (QED) is 0.944. The van der Waals surface area contributed by atoms with Crippen molar-refractivity contribution in [3.63, 3.8) is 0 Å². The number of nitrogens with zero attached hydrogens (tertiary/aromatic N) is 1. The van der Waals surface area contributed by atoms with Gasteiger partial charge in [-0.1, -0.05) is 6.07 Å². The molecule has 106 valence electrons. The summed E-state index contributed by atoms with van der Waals surface area (Å²) < 4.78 is 36.2. The predicted molar refractivity (Wildman–Crippen MR) is 70.7 cm³/mol. The van der Waals surface area contributed by atoms with Gasteiger partial charge in [0.1, 0.15) is 6.54 Å². The van der Waals surface area contributed by atoms with Gasteiger partial charge in [0.2, 0.25) is 0 Å². The molecule has 0 aliphatic carbocycles. The fourth-order valence-electron chi connectivity index (χ4n) is 1.64. The lowest BCUT2D eigenvalue weighted by molar-refractivity contribution is -0.123. The minimum atomic E-state index is -4.42. The number of alkyl halides is 3. The van der Waals surface area contributed by atoms with Gasteiger partial charge in [-0.2, -0.15) is 13.2 Å². The molecule has 0 saturated carbocycles. The number of rotatable bonds is 3. The number of amides is 1. The predicted octanol–water partition coefficient (Wildman–Crippen LogP) is 3.41. The fraction of sp³-hybridized carbons (Fsp3) is 0.231. The Morgan fingerprint density at radius 3 is 2.65 bits per heavy atom. The Hall–Kier alpha value is -1.89. The number of hydrogen-bond donors (Lipinski definition) is 1. The SMILES string of the molecule is Cc1nc(-c2cccs2)ccc1C(=O)NCC(F)(F)F. The van der Waals surface area contributed by atoms with Crippen LogP contribution in [-0.4, -0.2) is 23.6 Å². The highest BCUT2D eigenvalue weighted by molar-refractivity contribution is 7.13. The third-order valence-corrected chi connectivity index (χ3v) is 3.45. The molecule has 0 unspecified atom stereocenters. The maximum atomic E-state index is 12.1. The van der Waals surface area contributed by atoms with Crippen molar-refractivity contribution in [2.45, 2.75) is 13.1 Å². The standard InChI is InChI=1S/C13H11F3N2OS/c1-8-9(12(19)17-7-13(14,15)16)4-5-10(18-8)11-3-2-6-20-11/h2-6H,7H2,1H3,(H,17,19). The fourth-order valence-corrected chi connectivity index (χ4v) is 2.33. The van der Waals surface area contributed by atoms with Crippen LogP contribution < -0.4 is 5.32 Å². The molecule has 0 saturated heterocycles. The van der Waals surface area contributed by atoms with Crippen molar-refractivity contribution in [3.05, 3.63) is 40.9 Å². The van der Waals surface area contributed by atoms with Gasteiger partial charge >= 0.3 is 6.18 Å². The van der Waals surface area contributed by atoms with Gasteiger partial charge in [-0.25, -0.2) is 0 Å². The molecular formula is C13H11F3N2OS. The molecular weight excluding hydrogens is 289 g/mol. The normalized spacial score (nSPS) is 11.4. The molecule has 2 aromatic rings. The zero-order valence-corrected chi connectivity index (χ0v) is 11.3. The zero-order valence-electron chi connectivity index (χ0n) is 10.5. The van der Waals surface area contributed by atoms with Crippen LogP contribution in [0.25, 0.3) is 10.6 Å². The molecule has 20 heavy (non-hydrogen) atoms. The molecule has 0 aromatic carbocycles. The van der Waals surface area contributed by atoms with Gasteiger partial charge in [-0.05, 0) is 30.5 Å². The third kappa shape index (κ3) is 3.57. The number of aryl methyl sites for hydroxylation is 1. The lowest BCUT2D eigenvalue weighted by atomic mass is 10.1. The van der Waals surface area contributed by atoms with Crippen molar-refractivity contribution in [2.75, 3.05) is 6.54 Å². The highest BCUT2D eigenvalue weighted by Crippen LogP contribution is 2.23. The van der Waals surface area contributed by atoms with E-state index in [0.717, 1.165) is 4.88 Å². The minimum Gasteiger partial charge on any atom is -0.343 e. The molecule has 2 heterocycles. The summed E-state index contributed by atoms with van der Waals surface area (Å²) in [4.78, 5) is 16.9. The van der Waals surface area contributed by atoms with Crippen LogP contribution in [0.3, 0.4) is 0 Å². The van der Waals surface area contributed by atoms with E-state index in [-0.39, 0.29) is 5.56 Å². The molecule has 1 amide bonds. The van der Waals surface area contributed by atoms with Crippen LogP contribution in [0.5, 0.6) is 0 Å². The van der Waals surface area contributed by atoms with E-state index in [9.17, 15) is 18.0 Å². The molecule has 0 aliphatic heterocycles. The molecule has 0 radical (unpaired) electrons. The van der Waals surface area contributed by atoms with E-state index in [1.54, 1.807) is 13.0 Å². The Kier molecular flexibility index (Phi) is 4.08. The largest absolute Gasteiger partial charge is 0.405 e. The molecule has 7 heteroatoms. The molecule has 3 nitrogen and oxygen atoms in total. The van der Waals surface area contributed by atoms with Crippen LogP contribution >= 0.6 is 11.3 Å². The van der Waals surface area contributed by atoms with Gasteiger partial charge in [0, 0.05) is 0 Å². The molecule has 0 aliphatic rings. The van der Waals surface area contributed by atoms with Gasteiger partial charge in [0.05, 0.1) is 21.8 Å². The maximum Gasteiger partial charge on any atom is 0.405 e. The van der Waals surface area contributed by atoms with E-state index >= 15 is 0 Å². The zero-order chi connectivity index (χ0) is 14.8. The van der Waals surface area contributed by atoms with Gasteiger partial charge in [0.15, 0.2) is 0 Å². The summed E-state index contributed by atoms with van der Waals surface area (Å²) in [5, 5.41) is 3.73. The lowest BCUT2D eigenvalue weighted by Gasteiger charge is -2.10. The third-order valence-electron chi connectivity index (χ3n) is 2.55. The smallest absolute Gasteiger partial charge is 0.343 e. The summed E-state index contributed by atoms with van der Waals surface area (Å²) in [7, 11) is 0. The van der Waals surface area contributed by atoms with E-state index < -0.39 is 18.6 Å². The first-order valence-electron chi connectivity index (χ1n) is 5.73.